The van der Waals surface area contributed by atoms with Crippen molar-refractivity contribution in [3.63, 3.8) is 0 Å². The lowest BCUT2D eigenvalue weighted by atomic mass is 9.95. The molecule has 29 heavy (non-hydrogen) atoms. The van der Waals surface area contributed by atoms with Crippen LogP contribution in [0.2, 0.25) is 5.02 Å². The lowest BCUT2D eigenvalue weighted by Gasteiger charge is -2.28. The van der Waals surface area contributed by atoms with E-state index in [0.29, 0.717) is 34.2 Å². The molecule has 7 heteroatoms. The first kappa shape index (κ1) is 20.7. The van der Waals surface area contributed by atoms with Crippen LogP contribution in [0.25, 0.3) is 0 Å². The van der Waals surface area contributed by atoms with Crippen LogP contribution in [0.4, 0.5) is 4.79 Å². The number of urea groups is 1. The van der Waals surface area contributed by atoms with E-state index in [1.165, 1.54) is 0 Å². The Bertz CT molecular complexity index is 955. The number of ether oxygens (including phenoxy) is 2. The summed E-state index contributed by atoms with van der Waals surface area (Å²) in [7, 11) is 0. The summed E-state index contributed by atoms with van der Waals surface area (Å²) < 4.78 is 11.2. The third kappa shape index (κ3) is 5.09. The highest BCUT2D eigenvalue weighted by Crippen LogP contribution is 2.30. The molecule has 152 valence electrons. The van der Waals surface area contributed by atoms with Crippen LogP contribution < -0.4 is 15.4 Å². The van der Waals surface area contributed by atoms with E-state index in [2.05, 4.69) is 10.6 Å². The zero-order valence-electron chi connectivity index (χ0n) is 16.5. The fraction of sp³-hybridized carbons (Fsp3) is 0.273. The average Bonchev–Trinajstić information content (AvgIpc) is 2.66. The van der Waals surface area contributed by atoms with Crippen LogP contribution in [0.3, 0.4) is 0 Å². The van der Waals surface area contributed by atoms with Gasteiger partial charge in [-0.3, -0.25) is 0 Å². The Labute approximate surface area is 174 Å². The Kier molecular flexibility index (Phi) is 6.44. The van der Waals surface area contributed by atoms with E-state index in [4.69, 9.17) is 21.1 Å². The first-order valence-electron chi connectivity index (χ1n) is 9.30. The number of amides is 2. The number of carbonyl (C=O) groups is 2. The predicted molar refractivity (Wildman–Crippen MR) is 111 cm³/mol. The van der Waals surface area contributed by atoms with Crippen molar-refractivity contribution in [3.8, 4) is 5.75 Å². The summed E-state index contributed by atoms with van der Waals surface area (Å²) in [6, 6.07) is 13.7. The summed E-state index contributed by atoms with van der Waals surface area (Å²) in [6.07, 6.45) is -0.272. The standard InChI is InChI=1S/C22H23ClN2O4/c1-13(2)29-21(26)19-14(3)24-22(27)25-20(19)15-8-6-9-17(11-15)28-12-16-7-4-5-10-18(16)23/h4-11,13,20H,12H2,1-3H3,(H2,24,25,27). The fourth-order valence-corrected chi connectivity index (χ4v) is 3.24. The molecule has 0 fully saturated rings. The molecule has 0 saturated carbocycles. The molecule has 2 aromatic rings. The number of nitrogens with one attached hydrogen (secondary N) is 2. The molecule has 3 rings (SSSR count). The van der Waals surface area contributed by atoms with Gasteiger partial charge < -0.3 is 20.1 Å². The van der Waals surface area contributed by atoms with E-state index < -0.39 is 12.0 Å². The van der Waals surface area contributed by atoms with Crippen LogP contribution >= 0.6 is 11.6 Å². The zero-order chi connectivity index (χ0) is 21.0. The highest BCUT2D eigenvalue weighted by Gasteiger charge is 2.32. The minimum atomic E-state index is -0.640. The van der Waals surface area contributed by atoms with Crippen LogP contribution in [0.1, 0.15) is 37.9 Å². The molecule has 2 amide bonds. The number of esters is 1. The van der Waals surface area contributed by atoms with Crippen molar-refractivity contribution in [1.82, 2.24) is 10.6 Å². The van der Waals surface area contributed by atoms with Gasteiger partial charge in [-0.2, -0.15) is 0 Å². The average molecular weight is 415 g/mol. The Morgan fingerprint density at radius 2 is 1.93 bits per heavy atom. The van der Waals surface area contributed by atoms with Gasteiger partial charge in [-0.05, 0) is 44.5 Å². The van der Waals surface area contributed by atoms with E-state index >= 15 is 0 Å². The van der Waals surface area contributed by atoms with Crippen molar-refractivity contribution in [2.24, 2.45) is 0 Å². The van der Waals surface area contributed by atoms with Crippen LogP contribution in [-0.4, -0.2) is 18.1 Å². The largest absolute Gasteiger partial charge is 0.489 e. The number of benzene rings is 2. The molecule has 0 aliphatic carbocycles. The second-order valence-electron chi connectivity index (χ2n) is 6.98. The zero-order valence-corrected chi connectivity index (χ0v) is 17.2. The van der Waals surface area contributed by atoms with Crippen molar-refractivity contribution < 1.29 is 19.1 Å². The second-order valence-corrected chi connectivity index (χ2v) is 7.38. The first-order chi connectivity index (χ1) is 13.8. The highest BCUT2D eigenvalue weighted by molar-refractivity contribution is 6.31. The number of rotatable bonds is 6. The second kappa shape index (κ2) is 9.01. The Hall–Kier alpha value is -2.99. The topological polar surface area (TPSA) is 76.7 Å². The van der Waals surface area contributed by atoms with Gasteiger partial charge in [0.05, 0.1) is 17.7 Å². The van der Waals surface area contributed by atoms with Crippen LogP contribution in [0.5, 0.6) is 5.75 Å². The molecule has 1 aliphatic heterocycles. The van der Waals surface area contributed by atoms with Crippen molar-refractivity contribution in [2.45, 2.75) is 39.5 Å². The van der Waals surface area contributed by atoms with E-state index in [1.54, 1.807) is 32.9 Å². The van der Waals surface area contributed by atoms with Gasteiger partial charge in [-0.1, -0.05) is 41.9 Å². The van der Waals surface area contributed by atoms with Crippen molar-refractivity contribution in [3.05, 3.63) is 76.0 Å². The van der Waals surface area contributed by atoms with Gasteiger partial charge in [0.15, 0.2) is 0 Å². The van der Waals surface area contributed by atoms with E-state index in [0.717, 1.165) is 5.56 Å². The van der Waals surface area contributed by atoms with Crippen LogP contribution in [-0.2, 0) is 16.1 Å². The minimum absolute atomic E-state index is 0.272. The SMILES string of the molecule is CC1=C(C(=O)OC(C)C)C(c2cccc(OCc3ccccc3Cl)c2)NC(=O)N1. The fourth-order valence-electron chi connectivity index (χ4n) is 3.05. The number of hydrogen-bond donors (Lipinski definition) is 2. The van der Waals surface area contributed by atoms with Gasteiger partial charge in [0.25, 0.3) is 0 Å². The van der Waals surface area contributed by atoms with E-state index in [1.807, 2.05) is 36.4 Å². The molecule has 6 nitrogen and oxygen atoms in total. The molecular weight excluding hydrogens is 392 g/mol. The molecule has 0 radical (unpaired) electrons. The molecule has 2 N–H and O–H groups in total. The number of hydrogen-bond acceptors (Lipinski definition) is 4. The Morgan fingerprint density at radius 1 is 1.17 bits per heavy atom. The molecule has 2 aromatic carbocycles. The molecule has 0 bridgehead atoms. The smallest absolute Gasteiger partial charge is 0.338 e. The van der Waals surface area contributed by atoms with E-state index in [-0.39, 0.29) is 12.1 Å². The van der Waals surface area contributed by atoms with Gasteiger partial charge in [-0.25, -0.2) is 9.59 Å². The van der Waals surface area contributed by atoms with Crippen molar-refractivity contribution >= 4 is 23.6 Å². The maximum absolute atomic E-state index is 12.6. The maximum atomic E-state index is 12.6. The quantitative estimate of drug-likeness (QED) is 0.682. The maximum Gasteiger partial charge on any atom is 0.338 e. The Morgan fingerprint density at radius 3 is 2.66 bits per heavy atom. The number of halogens is 1. The molecule has 0 aromatic heterocycles. The summed E-state index contributed by atoms with van der Waals surface area (Å²) in [5, 5.41) is 6.06. The predicted octanol–water partition coefficient (Wildman–Crippen LogP) is 4.50. The molecule has 1 heterocycles. The molecule has 0 saturated heterocycles. The summed E-state index contributed by atoms with van der Waals surface area (Å²) in [5.41, 5.74) is 2.41. The van der Waals surface area contributed by atoms with Crippen LogP contribution in [0.15, 0.2) is 59.8 Å². The van der Waals surface area contributed by atoms with Crippen LogP contribution in [0, 0.1) is 0 Å². The molecular formula is C22H23ClN2O4. The molecule has 1 aliphatic rings. The lowest BCUT2D eigenvalue weighted by molar-refractivity contribution is -0.143. The van der Waals surface area contributed by atoms with Gasteiger partial charge in [-0.15, -0.1) is 0 Å². The number of allylic oxidation sites excluding steroid dienone is 1. The third-order valence-corrected chi connectivity index (χ3v) is 4.74. The molecule has 1 atom stereocenters. The van der Waals surface area contributed by atoms with E-state index in [9.17, 15) is 9.59 Å². The van der Waals surface area contributed by atoms with Gasteiger partial charge in [0, 0.05) is 16.3 Å². The number of carbonyl (C=O) groups excluding carboxylic acids is 2. The first-order valence-corrected chi connectivity index (χ1v) is 9.68. The summed E-state index contributed by atoms with van der Waals surface area (Å²) in [5.74, 6) is 0.127. The summed E-state index contributed by atoms with van der Waals surface area (Å²) in [6.45, 7) is 5.54. The van der Waals surface area contributed by atoms with Crippen molar-refractivity contribution in [2.75, 3.05) is 0 Å². The van der Waals surface area contributed by atoms with Gasteiger partial charge in [0.1, 0.15) is 12.4 Å². The highest BCUT2D eigenvalue weighted by atomic mass is 35.5. The summed E-state index contributed by atoms with van der Waals surface area (Å²) >= 11 is 6.18. The molecule has 1 unspecified atom stereocenters. The summed E-state index contributed by atoms with van der Waals surface area (Å²) in [4.78, 5) is 24.7. The van der Waals surface area contributed by atoms with Gasteiger partial charge >= 0.3 is 12.0 Å². The Balaban J connectivity index is 1.85. The third-order valence-electron chi connectivity index (χ3n) is 4.38. The lowest BCUT2D eigenvalue weighted by Crippen LogP contribution is -2.45. The van der Waals surface area contributed by atoms with Gasteiger partial charge in [0.2, 0.25) is 0 Å². The molecule has 0 spiro atoms. The van der Waals surface area contributed by atoms with Crippen molar-refractivity contribution in [1.29, 1.82) is 0 Å². The monoisotopic (exact) mass is 414 g/mol. The minimum Gasteiger partial charge on any atom is -0.489 e. The normalized spacial score (nSPS) is 16.3.